The van der Waals surface area contributed by atoms with Crippen molar-refractivity contribution >= 4 is 0 Å². The van der Waals surface area contributed by atoms with E-state index < -0.39 is 0 Å². The standard InChI is InChI=1S/C15H17N3O/c1-9-7-13(9)14-17-15(19-18-14)12-4-2-3-10-8-16-6-5-11(10)12/h2-4,9,13,16H,5-8H2,1H3. The molecule has 2 atom stereocenters. The van der Waals surface area contributed by atoms with E-state index >= 15 is 0 Å². The van der Waals surface area contributed by atoms with Crippen LogP contribution in [0, 0.1) is 5.92 Å². The maximum atomic E-state index is 5.48. The maximum absolute atomic E-state index is 5.48. The first-order valence-corrected chi connectivity index (χ1v) is 6.98. The van der Waals surface area contributed by atoms with Crippen molar-refractivity contribution < 1.29 is 4.52 Å². The fourth-order valence-electron chi connectivity index (χ4n) is 2.91. The van der Waals surface area contributed by atoms with Crippen molar-refractivity contribution in [1.82, 2.24) is 15.5 Å². The molecule has 2 heterocycles. The van der Waals surface area contributed by atoms with Crippen LogP contribution in [-0.2, 0) is 13.0 Å². The van der Waals surface area contributed by atoms with Crippen LogP contribution in [0.3, 0.4) is 0 Å². The first-order valence-electron chi connectivity index (χ1n) is 6.98. The van der Waals surface area contributed by atoms with Crippen molar-refractivity contribution in [2.24, 2.45) is 5.92 Å². The number of hydrogen-bond acceptors (Lipinski definition) is 4. The summed E-state index contributed by atoms with van der Waals surface area (Å²) in [5, 5.41) is 7.54. The van der Waals surface area contributed by atoms with Gasteiger partial charge >= 0.3 is 0 Å². The zero-order valence-electron chi connectivity index (χ0n) is 11.0. The van der Waals surface area contributed by atoms with E-state index in [1.807, 2.05) is 0 Å². The lowest BCUT2D eigenvalue weighted by atomic mass is 9.95. The van der Waals surface area contributed by atoms with Gasteiger partial charge < -0.3 is 9.84 Å². The molecule has 2 unspecified atom stereocenters. The minimum atomic E-state index is 0.513. The highest BCUT2D eigenvalue weighted by Crippen LogP contribution is 2.46. The lowest BCUT2D eigenvalue weighted by molar-refractivity contribution is 0.421. The molecule has 19 heavy (non-hydrogen) atoms. The summed E-state index contributed by atoms with van der Waals surface area (Å²) >= 11 is 0. The average Bonchev–Trinajstić information content (AvgIpc) is 3.00. The maximum Gasteiger partial charge on any atom is 0.258 e. The van der Waals surface area contributed by atoms with Gasteiger partial charge in [0.1, 0.15) is 0 Å². The molecule has 2 aromatic rings. The predicted octanol–water partition coefficient (Wildman–Crippen LogP) is 2.51. The molecule has 0 radical (unpaired) electrons. The second kappa shape index (κ2) is 4.17. The average molecular weight is 255 g/mol. The Labute approximate surface area is 112 Å². The zero-order chi connectivity index (χ0) is 12.8. The van der Waals surface area contributed by atoms with Gasteiger partial charge in [0.2, 0.25) is 0 Å². The quantitative estimate of drug-likeness (QED) is 0.895. The minimum absolute atomic E-state index is 0.513. The Kier molecular flexibility index (Phi) is 2.45. The fraction of sp³-hybridized carbons (Fsp3) is 0.467. The summed E-state index contributed by atoms with van der Waals surface area (Å²) in [5.74, 6) is 2.79. The van der Waals surface area contributed by atoms with Crippen molar-refractivity contribution in [3.05, 3.63) is 35.2 Å². The summed E-state index contributed by atoms with van der Waals surface area (Å²) < 4.78 is 5.48. The highest BCUT2D eigenvalue weighted by atomic mass is 16.5. The van der Waals surface area contributed by atoms with Crippen LogP contribution in [0.4, 0.5) is 0 Å². The summed E-state index contributed by atoms with van der Waals surface area (Å²) in [6.45, 7) is 4.19. The molecule has 4 rings (SSSR count). The fourth-order valence-corrected chi connectivity index (χ4v) is 2.91. The lowest BCUT2D eigenvalue weighted by Crippen LogP contribution is -2.24. The number of rotatable bonds is 2. The van der Waals surface area contributed by atoms with Crippen LogP contribution in [0.15, 0.2) is 22.7 Å². The Hall–Kier alpha value is -1.68. The summed E-state index contributed by atoms with van der Waals surface area (Å²) in [6, 6.07) is 6.34. The van der Waals surface area contributed by atoms with Crippen LogP contribution in [-0.4, -0.2) is 16.7 Å². The van der Waals surface area contributed by atoms with E-state index in [9.17, 15) is 0 Å². The third kappa shape index (κ3) is 1.87. The van der Waals surface area contributed by atoms with Crippen molar-refractivity contribution in [2.75, 3.05) is 6.54 Å². The summed E-state index contributed by atoms with van der Waals surface area (Å²) in [6.07, 6.45) is 2.22. The van der Waals surface area contributed by atoms with Crippen molar-refractivity contribution in [3.63, 3.8) is 0 Å². The van der Waals surface area contributed by atoms with Crippen LogP contribution in [0.25, 0.3) is 11.5 Å². The smallest absolute Gasteiger partial charge is 0.258 e. The number of aromatic nitrogens is 2. The molecule has 1 aliphatic carbocycles. The molecule has 0 spiro atoms. The number of nitrogens with zero attached hydrogens (tertiary/aromatic N) is 2. The Morgan fingerprint density at radius 3 is 3.11 bits per heavy atom. The highest BCUT2D eigenvalue weighted by molar-refractivity contribution is 5.61. The first-order chi connectivity index (χ1) is 9.33. The van der Waals surface area contributed by atoms with Gasteiger partial charge in [-0.3, -0.25) is 0 Å². The molecule has 1 saturated carbocycles. The molecule has 1 fully saturated rings. The topological polar surface area (TPSA) is 51.0 Å². The van der Waals surface area contributed by atoms with Gasteiger partial charge in [-0.05, 0) is 42.5 Å². The Morgan fingerprint density at radius 1 is 1.37 bits per heavy atom. The van der Waals surface area contributed by atoms with Crippen molar-refractivity contribution in [2.45, 2.75) is 32.2 Å². The van der Waals surface area contributed by atoms with E-state index in [0.717, 1.165) is 30.9 Å². The molecule has 1 aromatic heterocycles. The van der Waals surface area contributed by atoms with Gasteiger partial charge in [0, 0.05) is 18.0 Å². The van der Waals surface area contributed by atoms with Gasteiger partial charge in [-0.2, -0.15) is 4.98 Å². The van der Waals surface area contributed by atoms with Gasteiger partial charge in [-0.15, -0.1) is 0 Å². The predicted molar refractivity (Wildman–Crippen MR) is 71.7 cm³/mol. The van der Waals surface area contributed by atoms with Crippen LogP contribution >= 0.6 is 0 Å². The van der Waals surface area contributed by atoms with Gasteiger partial charge in [0.25, 0.3) is 5.89 Å². The van der Waals surface area contributed by atoms with Gasteiger partial charge in [0.15, 0.2) is 5.82 Å². The number of fused-ring (bicyclic) bond motifs is 1. The molecule has 0 saturated heterocycles. The summed E-state index contributed by atoms with van der Waals surface area (Å²) in [4.78, 5) is 4.60. The molecular weight excluding hydrogens is 238 g/mol. The van der Waals surface area contributed by atoms with Crippen LogP contribution in [0.1, 0.15) is 36.2 Å². The molecule has 1 N–H and O–H groups in total. The zero-order valence-corrected chi connectivity index (χ0v) is 11.0. The van der Waals surface area contributed by atoms with Crippen molar-refractivity contribution in [1.29, 1.82) is 0 Å². The van der Waals surface area contributed by atoms with E-state index in [0.29, 0.717) is 17.7 Å². The van der Waals surface area contributed by atoms with E-state index in [-0.39, 0.29) is 0 Å². The van der Waals surface area contributed by atoms with Crippen molar-refractivity contribution in [3.8, 4) is 11.5 Å². The van der Waals surface area contributed by atoms with E-state index in [2.05, 4.69) is 40.6 Å². The molecule has 1 aliphatic heterocycles. The number of benzene rings is 1. The molecule has 4 heteroatoms. The Morgan fingerprint density at radius 2 is 2.26 bits per heavy atom. The SMILES string of the molecule is CC1CC1c1noc(-c2cccc3c2CCNC3)n1. The Bertz CT molecular complexity index is 620. The number of nitrogens with one attached hydrogen (secondary N) is 1. The normalized spacial score (nSPS) is 25.1. The second-order valence-corrected chi connectivity index (χ2v) is 5.65. The van der Waals surface area contributed by atoms with Gasteiger partial charge in [-0.1, -0.05) is 24.2 Å². The monoisotopic (exact) mass is 255 g/mol. The molecule has 0 bridgehead atoms. The molecule has 1 aromatic carbocycles. The van der Waals surface area contributed by atoms with Crippen LogP contribution in [0.2, 0.25) is 0 Å². The van der Waals surface area contributed by atoms with Crippen LogP contribution < -0.4 is 5.32 Å². The summed E-state index contributed by atoms with van der Waals surface area (Å²) in [7, 11) is 0. The lowest BCUT2D eigenvalue weighted by Gasteiger charge is -2.18. The molecule has 4 nitrogen and oxygen atoms in total. The second-order valence-electron chi connectivity index (χ2n) is 5.65. The number of hydrogen-bond donors (Lipinski definition) is 1. The van der Waals surface area contributed by atoms with Crippen LogP contribution in [0.5, 0.6) is 0 Å². The third-order valence-electron chi connectivity index (χ3n) is 4.25. The molecule has 0 amide bonds. The van der Waals surface area contributed by atoms with E-state index in [4.69, 9.17) is 4.52 Å². The van der Waals surface area contributed by atoms with E-state index in [1.165, 1.54) is 17.5 Å². The van der Waals surface area contributed by atoms with E-state index in [1.54, 1.807) is 0 Å². The molecular formula is C15H17N3O. The Balaban J connectivity index is 1.74. The van der Waals surface area contributed by atoms with Gasteiger partial charge in [-0.25, -0.2) is 0 Å². The third-order valence-corrected chi connectivity index (χ3v) is 4.25. The molecule has 98 valence electrons. The summed E-state index contributed by atoms with van der Waals surface area (Å²) in [5.41, 5.74) is 3.83. The first kappa shape index (κ1) is 11.2. The minimum Gasteiger partial charge on any atom is -0.334 e. The van der Waals surface area contributed by atoms with Gasteiger partial charge in [0.05, 0.1) is 0 Å². The molecule has 2 aliphatic rings. The largest absolute Gasteiger partial charge is 0.334 e. The highest BCUT2D eigenvalue weighted by Gasteiger charge is 2.38.